The van der Waals surface area contributed by atoms with Crippen LogP contribution in [0, 0.1) is 0 Å². The Hall–Kier alpha value is -1.62. The molecule has 5 heteroatoms. The highest BCUT2D eigenvalue weighted by atomic mass is 16.2. The van der Waals surface area contributed by atoms with Crippen molar-refractivity contribution < 1.29 is 4.79 Å². The number of likely N-dealkylation sites (N-methyl/N-ethyl adjacent to an activating group) is 1. The number of hydrogen-bond acceptors (Lipinski definition) is 4. The number of amides is 1. The third-order valence-corrected chi connectivity index (χ3v) is 3.75. The van der Waals surface area contributed by atoms with E-state index >= 15 is 0 Å². The number of aromatic nitrogens is 1. The Kier molecular flexibility index (Phi) is 5.56. The van der Waals surface area contributed by atoms with Crippen LogP contribution in [0.3, 0.4) is 0 Å². The van der Waals surface area contributed by atoms with Crippen LogP contribution < -0.4 is 10.2 Å². The first-order chi connectivity index (χ1) is 10.1. The Morgan fingerprint density at radius 1 is 1.38 bits per heavy atom. The summed E-state index contributed by atoms with van der Waals surface area (Å²) in [5.41, 5.74) is 1.16. The highest BCUT2D eigenvalue weighted by Gasteiger charge is 2.19. The average Bonchev–Trinajstić information content (AvgIpc) is 3.00. The van der Waals surface area contributed by atoms with Gasteiger partial charge >= 0.3 is 0 Å². The molecule has 0 atom stereocenters. The van der Waals surface area contributed by atoms with E-state index in [1.54, 1.807) is 0 Å². The molecule has 1 fully saturated rings. The van der Waals surface area contributed by atoms with Crippen LogP contribution in [0.25, 0.3) is 0 Å². The Morgan fingerprint density at radius 2 is 2.10 bits per heavy atom. The number of anilines is 1. The quantitative estimate of drug-likeness (QED) is 0.865. The summed E-state index contributed by atoms with van der Waals surface area (Å²) in [5.74, 6) is 1.04. The molecule has 5 nitrogen and oxygen atoms in total. The molecule has 21 heavy (non-hydrogen) atoms. The molecule has 116 valence electrons. The van der Waals surface area contributed by atoms with E-state index in [-0.39, 0.29) is 5.91 Å². The maximum Gasteiger partial charge on any atom is 0.242 e. The van der Waals surface area contributed by atoms with Crippen LogP contribution in [-0.4, -0.2) is 48.5 Å². The second-order valence-electron chi connectivity index (χ2n) is 6.00. The van der Waals surface area contributed by atoms with Gasteiger partial charge in [-0.15, -0.1) is 0 Å². The molecular weight excluding hydrogens is 264 g/mol. The molecule has 1 amide bonds. The Labute approximate surface area is 127 Å². The summed E-state index contributed by atoms with van der Waals surface area (Å²) in [6.45, 7) is 7.27. The van der Waals surface area contributed by atoms with Gasteiger partial charge in [-0.05, 0) is 24.5 Å². The molecule has 0 unspecified atom stereocenters. The van der Waals surface area contributed by atoms with Gasteiger partial charge in [0.1, 0.15) is 5.82 Å². The maximum absolute atomic E-state index is 12.1. The summed E-state index contributed by atoms with van der Waals surface area (Å²) >= 11 is 0. The highest BCUT2D eigenvalue weighted by Crippen LogP contribution is 2.12. The number of rotatable bonds is 6. The maximum atomic E-state index is 12.1. The van der Waals surface area contributed by atoms with E-state index in [0.29, 0.717) is 12.6 Å². The first kappa shape index (κ1) is 15.8. The van der Waals surface area contributed by atoms with Gasteiger partial charge in [0, 0.05) is 38.9 Å². The van der Waals surface area contributed by atoms with Crippen LogP contribution in [0.15, 0.2) is 18.3 Å². The molecule has 0 aromatic carbocycles. The zero-order valence-electron chi connectivity index (χ0n) is 13.3. The largest absolute Gasteiger partial charge is 0.350 e. The summed E-state index contributed by atoms with van der Waals surface area (Å²) in [6, 6.07) is 4.51. The van der Waals surface area contributed by atoms with Gasteiger partial charge in [-0.1, -0.05) is 19.9 Å². The number of pyridine rings is 1. The molecule has 0 bridgehead atoms. The van der Waals surface area contributed by atoms with Crippen molar-refractivity contribution in [3.05, 3.63) is 23.9 Å². The minimum absolute atomic E-state index is 0.197. The second-order valence-corrected chi connectivity index (χ2v) is 6.00. The third-order valence-electron chi connectivity index (χ3n) is 3.75. The molecule has 0 radical (unpaired) electrons. The van der Waals surface area contributed by atoms with Crippen LogP contribution in [0.2, 0.25) is 0 Å². The fraction of sp³-hybridized carbons (Fsp3) is 0.625. The SMILES string of the molecule is CC(C)NCc1ccc(N(C)CC(=O)N2CCCC2)nc1. The van der Waals surface area contributed by atoms with E-state index in [2.05, 4.69) is 30.2 Å². The number of carbonyl (C=O) groups is 1. The van der Waals surface area contributed by atoms with Crippen LogP contribution >= 0.6 is 0 Å². The predicted octanol–water partition coefficient (Wildman–Crippen LogP) is 1.64. The fourth-order valence-corrected chi connectivity index (χ4v) is 2.42. The Morgan fingerprint density at radius 3 is 2.67 bits per heavy atom. The van der Waals surface area contributed by atoms with Crippen molar-refractivity contribution in [3.8, 4) is 0 Å². The molecule has 1 N–H and O–H groups in total. The first-order valence-electron chi connectivity index (χ1n) is 7.73. The molecule has 1 aliphatic rings. The van der Waals surface area contributed by atoms with E-state index in [4.69, 9.17) is 0 Å². The van der Waals surface area contributed by atoms with Gasteiger partial charge in [0.25, 0.3) is 0 Å². The summed E-state index contributed by atoms with van der Waals surface area (Å²) in [5, 5.41) is 3.37. The molecule has 1 saturated heterocycles. The van der Waals surface area contributed by atoms with Crippen molar-refractivity contribution >= 4 is 11.7 Å². The standard InChI is InChI=1S/C16H26N4O/c1-13(2)17-10-14-6-7-15(18-11-14)19(3)12-16(21)20-8-4-5-9-20/h6-7,11,13,17H,4-5,8-10,12H2,1-3H3. The van der Waals surface area contributed by atoms with Crippen molar-refractivity contribution in [2.75, 3.05) is 31.6 Å². The molecular formula is C16H26N4O. The molecule has 2 heterocycles. The minimum Gasteiger partial charge on any atom is -0.350 e. The predicted molar refractivity (Wildman–Crippen MR) is 85.3 cm³/mol. The third kappa shape index (κ3) is 4.70. The van der Waals surface area contributed by atoms with Gasteiger partial charge in [0.2, 0.25) is 5.91 Å². The number of nitrogens with zero attached hydrogens (tertiary/aromatic N) is 3. The molecule has 0 aliphatic carbocycles. The Bertz CT molecular complexity index is 452. The molecule has 1 aromatic rings. The van der Waals surface area contributed by atoms with Gasteiger partial charge in [0.15, 0.2) is 0 Å². The van der Waals surface area contributed by atoms with Crippen LogP contribution in [0.1, 0.15) is 32.3 Å². The monoisotopic (exact) mass is 290 g/mol. The molecule has 1 aromatic heterocycles. The zero-order valence-corrected chi connectivity index (χ0v) is 13.3. The van der Waals surface area contributed by atoms with Crippen molar-refractivity contribution in [2.24, 2.45) is 0 Å². The lowest BCUT2D eigenvalue weighted by Crippen LogP contribution is -2.37. The lowest BCUT2D eigenvalue weighted by Gasteiger charge is -2.22. The lowest BCUT2D eigenvalue weighted by atomic mass is 10.2. The van der Waals surface area contributed by atoms with Gasteiger partial charge in [-0.3, -0.25) is 4.79 Å². The molecule has 0 saturated carbocycles. The molecule has 2 rings (SSSR count). The van der Waals surface area contributed by atoms with E-state index in [1.807, 2.05) is 29.1 Å². The highest BCUT2D eigenvalue weighted by molar-refractivity contribution is 5.81. The van der Waals surface area contributed by atoms with E-state index in [9.17, 15) is 4.79 Å². The van der Waals surface area contributed by atoms with Crippen LogP contribution in [0.5, 0.6) is 0 Å². The smallest absolute Gasteiger partial charge is 0.242 e. The fourth-order valence-electron chi connectivity index (χ4n) is 2.42. The molecule has 1 aliphatic heterocycles. The summed E-state index contributed by atoms with van der Waals surface area (Å²) in [4.78, 5) is 20.4. The average molecular weight is 290 g/mol. The van der Waals surface area contributed by atoms with Crippen molar-refractivity contribution in [1.82, 2.24) is 15.2 Å². The lowest BCUT2D eigenvalue weighted by molar-refractivity contribution is -0.128. The van der Waals surface area contributed by atoms with Gasteiger partial charge in [0.05, 0.1) is 6.54 Å². The summed E-state index contributed by atoms with van der Waals surface area (Å²) in [7, 11) is 1.92. The first-order valence-corrected chi connectivity index (χ1v) is 7.73. The number of carbonyl (C=O) groups excluding carboxylic acids is 1. The van der Waals surface area contributed by atoms with Crippen molar-refractivity contribution in [1.29, 1.82) is 0 Å². The van der Waals surface area contributed by atoms with Gasteiger partial charge < -0.3 is 15.1 Å². The van der Waals surface area contributed by atoms with Gasteiger partial charge in [-0.2, -0.15) is 0 Å². The minimum atomic E-state index is 0.197. The van der Waals surface area contributed by atoms with Crippen molar-refractivity contribution in [3.63, 3.8) is 0 Å². The summed E-state index contributed by atoms with van der Waals surface area (Å²) in [6.07, 6.45) is 4.14. The van der Waals surface area contributed by atoms with Crippen LogP contribution in [-0.2, 0) is 11.3 Å². The zero-order chi connectivity index (χ0) is 15.2. The van der Waals surface area contributed by atoms with Crippen molar-refractivity contribution in [2.45, 2.75) is 39.3 Å². The van der Waals surface area contributed by atoms with E-state index in [0.717, 1.165) is 43.9 Å². The van der Waals surface area contributed by atoms with Gasteiger partial charge in [-0.25, -0.2) is 4.98 Å². The Balaban J connectivity index is 1.87. The van der Waals surface area contributed by atoms with E-state index in [1.165, 1.54) is 0 Å². The topological polar surface area (TPSA) is 48.5 Å². The number of nitrogens with one attached hydrogen (secondary N) is 1. The molecule has 0 spiro atoms. The number of hydrogen-bond donors (Lipinski definition) is 1. The normalized spacial score (nSPS) is 14.8. The van der Waals surface area contributed by atoms with Crippen LogP contribution in [0.4, 0.5) is 5.82 Å². The summed E-state index contributed by atoms with van der Waals surface area (Å²) < 4.78 is 0. The second kappa shape index (κ2) is 7.41. The van der Waals surface area contributed by atoms with E-state index < -0.39 is 0 Å². The number of likely N-dealkylation sites (tertiary alicyclic amines) is 1.